The van der Waals surface area contributed by atoms with Gasteiger partial charge < -0.3 is 0 Å². The first-order valence-corrected chi connectivity index (χ1v) is 10.1. The smallest absolute Gasteiger partial charge is 0.274 e. The van der Waals surface area contributed by atoms with Crippen LogP contribution in [0.3, 0.4) is 0 Å². The molecule has 7 heteroatoms. The quantitative estimate of drug-likeness (QED) is 0.666. The molecule has 0 aliphatic rings. The van der Waals surface area contributed by atoms with Crippen LogP contribution in [0.25, 0.3) is 11.0 Å². The molecule has 1 heterocycles. The second kappa shape index (κ2) is 7.29. The van der Waals surface area contributed by atoms with Gasteiger partial charge in [0, 0.05) is 6.42 Å². The molecule has 136 valence electrons. The number of hydrogen-bond donors (Lipinski definition) is 0. The van der Waals surface area contributed by atoms with Gasteiger partial charge in [0.05, 0.1) is 16.8 Å². The molecular formula is C19H20N2O4S. The highest BCUT2D eigenvalue weighted by Gasteiger charge is 2.25. The van der Waals surface area contributed by atoms with Crippen molar-refractivity contribution in [2.75, 3.05) is 5.75 Å². The molecule has 0 atom stereocenters. The third kappa shape index (κ3) is 3.35. The zero-order chi connectivity index (χ0) is 18.7. The average molecular weight is 372 g/mol. The largest absolute Gasteiger partial charge is 0.349 e. The Morgan fingerprint density at radius 3 is 2.23 bits per heavy atom. The lowest BCUT2D eigenvalue weighted by molar-refractivity contribution is 0.0904. The van der Waals surface area contributed by atoms with Gasteiger partial charge in [-0.05, 0) is 30.5 Å². The van der Waals surface area contributed by atoms with Gasteiger partial charge in [0.2, 0.25) is 15.9 Å². The van der Waals surface area contributed by atoms with E-state index in [1.54, 1.807) is 31.2 Å². The van der Waals surface area contributed by atoms with Gasteiger partial charge in [0.25, 0.3) is 0 Å². The predicted octanol–water partition coefficient (Wildman–Crippen LogP) is 2.66. The van der Waals surface area contributed by atoms with Crippen molar-refractivity contribution in [2.45, 2.75) is 26.2 Å². The van der Waals surface area contributed by atoms with Crippen LogP contribution < -0.4 is 5.69 Å². The van der Waals surface area contributed by atoms with Crippen LogP contribution in [0.2, 0.25) is 0 Å². The van der Waals surface area contributed by atoms with Gasteiger partial charge in [-0.25, -0.2) is 17.8 Å². The number of carbonyl (C=O) groups is 1. The fourth-order valence-electron chi connectivity index (χ4n) is 2.99. The van der Waals surface area contributed by atoms with E-state index in [1.807, 2.05) is 30.3 Å². The Balaban J connectivity index is 2.05. The molecule has 0 unspecified atom stereocenters. The minimum absolute atomic E-state index is 0.117. The normalized spacial score (nSPS) is 11.7. The summed E-state index contributed by atoms with van der Waals surface area (Å²) in [5.74, 6) is -0.570. The summed E-state index contributed by atoms with van der Waals surface area (Å²) < 4.78 is 26.8. The van der Waals surface area contributed by atoms with Crippen molar-refractivity contribution in [1.82, 2.24) is 8.54 Å². The minimum Gasteiger partial charge on any atom is -0.274 e. The molecule has 0 bridgehead atoms. The van der Waals surface area contributed by atoms with Crippen molar-refractivity contribution < 1.29 is 13.2 Å². The topological polar surface area (TPSA) is 78.1 Å². The number of carbonyl (C=O) groups excluding carboxylic acids is 1. The molecule has 1 aromatic heterocycles. The van der Waals surface area contributed by atoms with E-state index in [9.17, 15) is 18.0 Å². The van der Waals surface area contributed by atoms with Crippen LogP contribution in [0.15, 0.2) is 59.4 Å². The monoisotopic (exact) mass is 372 g/mol. The first kappa shape index (κ1) is 18.1. The van der Waals surface area contributed by atoms with Crippen molar-refractivity contribution in [3.8, 4) is 0 Å². The minimum atomic E-state index is -3.82. The standard InChI is InChI=1S/C19H20N2O4S/c1-2-14-26(24,25)21-17-11-7-6-10-16(17)20(19(21)23)18(22)13-12-15-8-4-3-5-9-15/h3-11H,2,12-14H2,1H3. The maximum Gasteiger partial charge on any atom is 0.349 e. The Kier molecular flexibility index (Phi) is 5.08. The second-order valence-electron chi connectivity index (χ2n) is 6.07. The predicted molar refractivity (Wildman–Crippen MR) is 101 cm³/mol. The molecular weight excluding hydrogens is 352 g/mol. The molecule has 0 aliphatic heterocycles. The summed E-state index contributed by atoms with van der Waals surface area (Å²) in [6, 6.07) is 15.9. The summed E-state index contributed by atoms with van der Waals surface area (Å²) >= 11 is 0. The summed E-state index contributed by atoms with van der Waals surface area (Å²) in [6.07, 6.45) is 0.981. The molecule has 0 amide bonds. The first-order chi connectivity index (χ1) is 12.5. The Morgan fingerprint density at radius 2 is 1.58 bits per heavy atom. The lowest BCUT2D eigenvalue weighted by atomic mass is 10.1. The van der Waals surface area contributed by atoms with E-state index < -0.39 is 21.6 Å². The van der Waals surface area contributed by atoms with Crippen molar-refractivity contribution >= 4 is 27.0 Å². The fraction of sp³-hybridized carbons (Fsp3) is 0.263. The highest BCUT2D eigenvalue weighted by Crippen LogP contribution is 2.16. The Morgan fingerprint density at radius 1 is 0.962 bits per heavy atom. The molecule has 26 heavy (non-hydrogen) atoms. The molecule has 6 nitrogen and oxygen atoms in total. The Labute approximate surface area is 151 Å². The van der Waals surface area contributed by atoms with Crippen molar-refractivity contribution in [3.63, 3.8) is 0 Å². The van der Waals surface area contributed by atoms with Gasteiger partial charge in [-0.1, -0.05) is 49.4 Å². The fourth-order valence-corrected chi connectivity index (χ4v) is 4.46. The zero-order valence-corrected chi connectivity index (χ0v) is 15.3. The number of imidazole rings is 1. The maximum atomic E-state index is 12.8. The summed E-state index contributed by atoms with van der Waals surface area (Å²) in [6.45, 7) is 1.73. The van der Waals surface area contributed by atoms with Crippen molar-refractivity contribution in [1.29, 1.82) is 0 Å². The van der Waals surface area contributed by atoms with E-state index in [0.29, 0.717) is 18.4 Å². The highest BCUT2D eigenvalue weighted by atomic mass is 32.2. The van der Waals surface area contributed by atoms with E-state index in [4.69, 9.17) is 0 Å². The van der Waals surface area contributed by atoms with E-state index in [0.717, 1.165) is 14.1 Å². The number of rotatable bonds is 6. The maximum absolute atomic E-state index is 12.8. The molecule has 0 radical (unpaired) electrons. The summed E-state index contributed by atoms with van der Waals surface area (Å²) in [5.41, 5.74) is 0.711. The van der Waals surface area contributed by atoms with Gasteiger partial charge in [-0.2, -0.15) is 3.97 Å². The molecule has 3 rings (SSSR count). The zero-order valence-electron chi connectivity index (χ0n) is 14.5. The van der Waals surface area contributed by atoms with E-state index >= 15 is 0 Å². The average Bonchev–Trinajstić information content (AvgIpc) is 2.93. The molecule has 0 N–H and O–H groups in total. The van der Waals surface area contributed by atoms with Gasteiger partial charge in [0.1, 0.15) is 0 Å². The number of fused-ring (bicyclic) bond motifs is 1. The van der Waals surface area contributed by atoms with E-state index in [2.05, 4.69) is 0 Å². The van der Waals surface area contributed by atoms with Crippen molar-refractivity contribution in [3.05, 3.63) is 70.6 Å². The summed E-state index contributed by atoms with van der Waals surface area (Å²) in [4.78, 5) is 25.5. The van der Waals surface area contributed by atoms with Gasteiger partial charge in [-0.15, -0.1) is 0 Å². The van der Waals surface area contributed by atoms with Crippen LogP contribution in [0, 0.1) is 0 Å². The van der Waals surface area contributed by atoms with Crippen molar-refractivity contribution in [2.24, 2.45) is 0 Å². The van der Waals surface area contributed by atoms with E-state index in [-0.39, 0.29) is 17.7 Å². The van der Waals surface area contributed by atoms with Crippen LogP contribution in [0.1, 0.15) is 30.1 Å². The number of hydrogen-bond acceptors (Lipinski definition) is 4. The first-order valence-electron chi connectivity index (χ1n) is 8.48. The molecule has 0 saturated carbocycles. The molecule has 0 saturated heterocycles. The summed E-state index contributed by atoms with van der Waals surface area (Å²) in [7, 11) is -3.82. The van der Waals surface area contributed by atoms with Crippen LogP contribution in [0.4, 0.5) is 0 Å². The van der Waals surface area contributed by atoms with Crippen LogP contribution in [0.5, 0.6) is 0 Å². The molecule has 2 aromatic carbocycles. The van der Waals surface area contributed by atoms with E-state index in [1.165, 1.54) is 0 Å². The molecule has 0 fully saturated rings. The SMILES string of the molecule is CCCS(=O)(=O)n1c(=O)n(C(=O)CCc2ccccc2)c2ccccc21. The number of aryl methyl sites for hydroxylation is 1. The third-order valence-corrected chi connectivity index (χ3v) is 6.00. The van der Waals surface area contributed by atoms with Crippen LogP contribution in [-0.4, -0.2) is 28.6 Å². The number of nitrogens with zero attached hydrogens (tertiary/aromatic N) is 2. The number of para-hydroxylation sites is 2. The molecule has 0 spiro atoms. The third-order valence-electron chi connectivity index (χ3n) is 4.17. The second-order valence-corrected chi connectivity index (χ2v) is 8.00. The van der Waals surface area contributed by atoms with Gasteiger partial charge in [0.15, 0.2) is 0 Å². The van der Waals surface area contributed by atoms with Gasteiger partial charge in [-0.3, -0.25) is 4.79 Å². The van der Waals surface area contributed by atoms with Gasteiger partial charge >= 0.3 is 5.69 Å². The Bertz CT molecular complexity index is 1100. The number of aromatic nitrogens is 2. The molecule has 3 aromatic rings. The lowest BCUT2D eigenvalue weighted by Gasteiger charge is -2.03. The van der Waals surface area contributed by atoms with Crippen LogP contribution >= 0.6 is 0 Å². The van der Waals surface area contributed by atoms with Crippen LogP contribution in [-0.2, 0) is 16.4 Å². The molecule has 0 aliphatic carbocycles. The lowest BCUT2D eigenvalue weighted by Crippen LogP contribution is -2.33. The number of benzene rings is 2. The Hall–Kier alpha value is -2.67. The summed E-state index contributed by atoms with van der Waals surface area (Å²) in [5, 5.41) is 0. The highest BCUT2D eigenvalue weighted by molar-refractivity contribution is 7.90.